The van der Waals surface area contributed by atoms with Crippen LogP contribution in [0.25, 0.3) is 0 Å². The minimum Gasteiger partial charge on any atom is -0.478 e. The smallest absolute Gasteiger partial charge is 0.339 e. The Morgan fingerprint density at radius 3 is 2.70 bits per heavy atom. The third kappa shape index (κ3) is 2.75. The van der Waals surface area contributed by atoms with Gasteiger partial charge < -0.3 is 9.52 Å². The molecule has 1 N–H and O–H groups in total. The van der Waals surface area contributed by atoms with Crippen molar-refractivity contribution in [3.8, 4) is 0 Å². The molecular weight excluding hydrogens is 286 g/mol. The summed E-state index contributed by atoms with van der Waals surface area (Å²) in [4.78, 5) is 21.2. The number of aromatic carboxylic acids is 1. The van der Waals surface area contributed by atoms with Crippen molar-refractivity contribution in [1.29, 1.82) is 0 Å². The third-order valence-corrected chi connectivity index (χ3v) is 3.91. The van der Waals surface area contributed by atoms with Crippen molar-refractivity contribution in [3.63, 3.8) is 0 Å². The average molecular weight is 295 g/mol. The number of hydrogen-bond donors (Lipinski definition) is 1. The molecule has 1 aromatic carbocycles. The lowest BCUT2D eigenvalue weighted by Crippen LogP contribution is -2.04. The minimum atomic E-state index is -1.77. The maximum atomic E-state index is 12.2. The van der Waals surface area contributed by atoms with Crippen molar-refractivity contribution < 1.29 is 23.5 Å². The largest absolute Gasteiger partial charge is 0.478 e. The molecule has 0 aliphatic heterocycles. The van der Waals surface area contributed by atoms with Gasteiger partial charge in [0.2, 0.25) is 0 Å². The van der Waals surface area contributed by atoms with Gasteiger partial charge in [-0.2, -0.15) is 0 Å². The van der Waals surface area contributed by atoms with Crippen LogP contribution in [0.4, 0.5) is 5.69 Å². The summed E-state index contributed by atoms with van der Waals surface area (Å²) in [5.74, 6) is -1.42. The summed E-state index contributed by atoms with van der Waals surface area (Å²) >= 11 is 0. The fraction of sp³-hybridized carbons (Fsp3) is 0.0833. The second-order valence-electron chi connectivity index (χ2n) is 3.78. The van der Waals surface area contributed by atoms with Gasteiger partial charge >= 0.3 is 5.97 Å². The Balaban J connectivity index is 2.31. The molecule has 0 spiro atoms. The van der Waals surface area contributed by atoms with Crippen molar-refractivity contribution >= 4 is 22.5 Å². The zero-order chi connectivity index (χ0) is 14.7. The van der Waals surface area contributed by atoms with E-state index in [1.807, 2.05) is 0 Å². The number of nitro benzene ring substituents is 1. The highest BCUT2D eigenvalue weighted by atomic mass is 32.2. The second kappa shape index (κ2) is 5.66. The van der Waals surface area contributed by atoms with E-state index >= 15 is 0 Å². The Morgan fingerprint density at radius 2 is 2.05 bits per heavy atom. The zero-order valence-electron chi connectivity index (χ0n) is 10.0. The fourth-order valence-electron chi connectivity index (χ4n) is 1.64. The molecule has 0 radical (unpaired) electrons. The van der Waals surface area contributed by atoms with Crippen molar-refractivity contribution in [2.75, 3.05) is 0 Å². The Hall–Kier alpha value is -2.48. The van der Waals surface area contributed by atoms with Gasteiger partial charge in [-0.1, -0.05) is 12.1 Å². The first-order chi connectivity index (χ1) is 9.50. The molecule has 1 unspecified atom stereocenters. The summed E-state index contributed by atoms with van der Waals surface area (Å²) in [6.07, 6.45) is 1.18. The van der Waals surface area contributed by atoms with E-state index in [1.165, 1.54) is 36.6 Å². The lowest BCUT2D eigenvalue weighted by molar-refractivity contribution is -0.387. The molecule has 104 valence electrons. The summed E-state index contributed by atoms with van der Waals surface area (Å²) in [5, 5.41) is 19.8. The highest BCUT2D eigenvalue weighted by Crippen LogP contribution is 2.24. The minimum absolute atomic E-state index is 0.0222. The quantitative estimate of drug-likeness (QED) is 0.668. The van der Waals surface area contributed by atoms with Crippen LogP contribution in [0.15, 0.2) is 45.9 Å². The summed E-state index contributed by atoms with van der Waals surface area (Å²) in [6.45, 7) is 0. The van der Waals surface area contributed by atoms with Gasteiger partial charge in [0.15, 0.2) is 0 Å². The predicted molar refractivity (Wildman–Crippen MR) is 68.9 cm³/mol. The number of para-hydroxylation sites is 1. The molecule has 8 heteroatoms. The number of furan rings is 1. The molecule has 0 bridgehead atoms. The van der Waals surface area contributed by atoms with Crippen LogP contribution in [0, 0.1) is 10.1 Å². The number of nitro groups is 1. The second-order valence-corrected chi connectivity index (χ2v) is 5.20. The topological polar surface area (TPSA) is 111 Å². The predicted octanol–water partition coefficient (Wildman–Crippen LogP) is 2.19. The number of benzene rings is 1. The van der Waals surface area contributed by atoms with Crippen molar-refractivity contribution in [1.82, 2.24) is 0 Å². The van der Waals surface area contributed by atoms with E-state index in [9.17, 15) is 19.1 Å². The van der Waals surface area contributed by atoms with Gasteiger partial charge in [0.05, 0.1) is 27.7 Å². The zero-order valence-corrected chi connectivity index (χ0v) is 10.8. The van der Waals surface area contributed by atoms with E-state index in [0.29, 0.717) is 0 Å². The Bertz CT molecular complexity index is 693. The molecule has 1 aromatic heterocycles. The number of carboxylic acid groups (broad SMARTS) is 1. The van der Waals surface area contributed by atoms with Crippen LogP contribution in [0.5, 0.6) is 0 Å². The van der Waals surface area contributed by atoms with E-state index in [-0.39, 0.29) is 27.7 Å². The highest BCUT2D eigenvalue weighted by molar-refractivity contribution is 7.84. The Labute approximate surface area is 115 Å². The van der Waals surface area contributed by atoms with Crippen molar-refractivity contribution in [2.24, 2.45) is 0 Å². The summed E-state index contributed by atoms with van der Waals surface area (Å²) in [5.41, 5.74) is -0.369. The van der Waals surface area contributed by atoms with Gasteiger partial charge in [0.25, 0.3) is 5.69 Å². The highest BCUT2D eigenvalue weighted by Gasteiger charge is 2.22. The molecule has 0 fully saturated rings. The SMILES string of the molecule is O=C(O)c1ccoc1CS(=O)c1ccccc1[N+](=O)[O-]. The fourth-order valence-corrected chi connectivity index (χ4v) is 2.86. The van der Waals surface area contributed by atoms with Crippen LogP contribution >= 0.6 is 0 Å². The van der Waals surface area contributed by atoms with E-state index in [0.717, 1.165) is 0 Å². The van der Waals surface area contributed by atoms with Gasteiger partial charge in [-0.05, 0) is 12.1 Å². The van der Waals surface area contributed by atoms with Gasteiger partial charge in [-0.15, -0.1) is 0 Å². The Kier molecular flexibility index (Phi) is 3.94. The van der Waals surface area contributed by atoms with E-state index in [1.54, 1.807) is 0 Å². The number of carboxylic acids is 1. The first-order valence-corrected chi connectivity index (χ1v) is 6.74. The van der Waals surface area contributed by atoms with Gasteiger partial charge in [-0.3, -0.25) is 14.3 Å². The van der Waals surface area contributed by atoms with Crippen LogP contribution in [-0.2, 0) is 16.6 Å². The third-order valence-electron chi connectivity index (χ3n) is 2.55. The van der Waals surface area contributed by atoms with Crippen molar-refractivity contribution in [2.45, 2.75) is 10.6 Å². The number of carbonyl (C=O) groups is 1. The molecule has 0 aliphatic rings. The maximum Gasteiger partial charge on any atom is 0.339 e. The molecule has 1 heterocycles. The number of rotatable bonds is 5. The van der Waals surface area contributed by atoms with Gasteiger partial charge in [0, 0.05) is 6.07 Å². The lowest BCUT2D eigenvalue weighted by atomic mass is 10.3. The number of hydrogen-bond acceptors (Lipinski definition) is 5. The molecule has 0 saturated carbocycles. The Morgan fingerprint density at radius 1 is 1.35 bits per heavy atom. The van der Waals surface area contributed by atoms with Gasteiger partial charge in [-0.25, -0.2) is 4.79 Å². The normalized spacial score (nSPS) is 12.0. The van der Waals surface area contributed by atoms with Crippen LogP contribution in [0.2, 0.25) is 0 Å². The molecule has 0 saturated heterocycles. The lowest BCUT2D eigenvalue weighted by Gasteiger charge is -2.02. The molecule has 2 aromatic rings. The number of nitrogens with zero attached hydrogens (tertiary/aromatic N) is 1. The molecule has 0 amide bonds. The maximum absolute atomic E-state index is 12.2. The summed E-state index contributed by atoms with van der Waals surface area (Å²) in [7, 11) is -1.77. The average Bonchev–Trinajstić information content (AvgIpc) is 2.87. The van der Waals surface area contributed by atoms with Crippen LogP contribution in [0.3, 0.4) is 0 Å². The first-order valence-electron chi connectivity index (χ1n) is 5.42. The molecule has 2 rings (SSSR count). The van der Waals surface area contributed by atoms with Gasteiger partial charge in [0.1, 0.15) is 16.2 Å². The standard InChI is InChI=1S/C12H9NO6S/c14-12(15)8-5-6-19-10(8)7-20(18)11-4-2-1-3-9(11)13(16)17/h1-6H,7H2,(H,14,15). The molecular formula is C12H9NO6S. The van der Waals surface area contributed by atoms with E-state index in [2.05, 4.69) is 0 Å². The van der Waals surface area contributed by atoms with Crippen molar-refractivity contribution in [3.05, 3.63) is 58.0 Å². The first kappa shape index (κ1) is 13.9. The van der Waals surface area contributed by atoms with Crippen LogP contribution in [-0.4, -0.2) is 20.2 Å². The van der Waals surface area contributed by atoms with Crippen LogP contribution in [0.1, 0.15) is 16.1 Å². The monoisotopic (exact) mass is 295 g/mol. The molecule has 1 atom stereocenters. The molecule has 20 heavy (non-hydrogen) atoms. The van der Waals surface area contributed by atoms with Crippen LogP contribution < -0.4 is 0 Å². The van der Waals surface area contributed by atoms with E-state index < -0.39 is 21.7 Å². The molecule has 7 nitrogen and oxygen atoms in total. The summed E-state index contributed by atoms with van der Waals surface area (Å²) < 4.78 is 17.1. The molecule has 0 aliphatic carbocycles. The summed E-state index contributed by atoms with van der Waals surface area (Å²) in [6, 6.07) is 6.86. The van der Waals surface area contributed by atoms with E-state index in [4.69, 9.17) is 9.52 Å².